The SMILES string of the molecule is CCc1cc(C(OC)OC)c(/C=C2\CC3(C/C(=C\c4c(C(OC)OC)cc5c6c4CCCN6CCC5)C2=O)OCCO3)c2c1N(C)CCC2. The van der Waals surface area contributed by atoms with Crippen LogP contribution in [0.4, 0.5) is 11.4 Å². The molecule has 4 aliphatic heterocycles. The molecule has 1 spiro atoms. The number of ether oxygens (including phenoxy) is 6. The third-order valence-electron chi connectivity index (χ3n) is 11.2. The maximum Gasteiger partial charge on any atom is 0.185 e. The van der Waals surface area contributed by atoms with Crippen LogP contribution in [0.3, 0.4) is 0 Å². The van der Waals surface area contributed by atoms with E-state index in [4.69, 9.17) is 28.4 Å². The van der Waals surface area contributed by atoms with Gasteiger partial charge in [0, 0.05) is 102 Å². The van der Waals surface area contributed by atoms with Crippen molar-refractivity contribution in [1.82, 2.24) is 0 Å². The lowest BCUT2D eigenvalue weighted by Gasteiger charge is -2.39. The lowest BCUT2D eigenvalue weighted by molar-refractivity contribution is -0.161. The summed E-state index contributed by atoms with van der Waals surface area (Å²) < 4.78 is 36.2. The van der Waals surface area contributed by atoms with Gasteiger partial charge < -0.3 is 38.2 Å². The van der Waals surface area contributed by atoms with E-state index in [-0.39, 0.29) is 5.78 Å². The number of rotatable bonds is 9. The first-order valence-electron chi connectivity index (χ1n) is 18.0. The zero-order valence-electron chi connectivity index (χ0n) is 30.1. The monoisotopic (exact) mass is 672 g/mol. The van der Waals surface area contributed by atoms with Crippen LogP contribution in [0.2, 0.25) is 0 Å². The van der Waals surface area contributed by atoms with Gasteiger partial charge in [-0.3, -0.25) is 4.79 Å². The van der Waals surface area contributed by atoms with Gasteiger partial charge in [0.1, 0.15) is 0 Å². The molecule has 2 aromatic carbocycles. The van der Waals surface area contributed by atoms with Crippen molar-refractivity contribution in [3.05, 3.63) is 67.8 Å². The molecule has 0 bridgehead atoms. The second kappa shape index (κ2) is 14.3. The van der Waals surface area contributed by atoms with E-state index >= 15 is 0 Å². The van der Waals surface area contributed by atoms with Crippen molar-refractivity contribution in [3.8, 4) is 0 Å². The quantitative estimate of drug-likeness (QED) is 0.220. The molecule has 0 N–H and O–H groups in total. The highest BCUT2D eigenvalue weighted by Crippen LogP contribution is 2.46. The summed E-state index contributed by atoms with van der Waals surface area (Å²) in [4.78, 5) is 19.7. The smallest absolute Gasteiger partial charge is 0.185 e. The average Bonchev–Trinajstić information content (AvgIpc) is 3.57. The first-order valence-corrected chi connectivity index (χ1v) is 18.0. The Morgan fingerprint density at radius 2 is 1.31 bits per heavy atom. The highest BCUT2D eigenvalue weighted by molar-refractivity contribution is 6.14. The van der Waals surface area contributed by atoms with Gasteiger partial charge in [-0.2, -0.15) is 0 Å². The molecule has 0 aromatic heterocycles. The Morgan fingerprint density at radius 3 is 1.88 bits per heavy atom. The summed E-state index contributed by atoms with van der Waals surface area (Å²) in [5.74, 6) is -0.873. The summed E-state index contributed by atoms with van der Waals surface area (Å²) >= 11 is 0. The summed E-state index contributed by atoms with van der Waals surface area (Å²) in [5, 5.41) is 0. The standard InChI is InChI=1S/C40H52N2O7/c1-7-25-19-33(38(44-3)45-4)31(29-12-9-14-41(2)35(25)29)21-27-23-40(48-17-18-49-40)24-28(37(27)43)22-32-30-13-10-16-42-15-8-11-26(36(30)42)20-34(32)39(46-5)47-6/h19-22,38-39H,7-18,23-24H2,1-6H3/b27-21+,28-22+. The van der Waals surface area contributed by atoms with Gasteiger partial charge in [0.05, 0.1) is 13.2 Å². The fourth-order valence-electron chi connectivity index (χ4n) is 9.07. The molecule has 1 saturated heterocycles. The van der Waals surface area contributed by atoms with E-state index in [1.54, 1.807) is 28.4 Å². The van der Waals surface area contributed by atoms with Crippen LogP contribution in [-0.2, 0) is 58.9 Å². The summed E-state index contributed by atoms with van der Waals surface area (Å²) in [7, 11) is 8.85. The molecular weight excluding hydrogens is 620 g/mol. The molecule has 264 valence electrons. The molecule has 5 aliphatic rings. The highest BCUT2D eigenvalue weighted by Gasteiger charge is 2.45. The van der Waals surface area contributed by atoms with E-state index < -0.39 is 18.4 Å². The number of Topliss-reactive ketones (excluding diaryl/α,β-unsaturated/α-hetero) is 1. The average molecular weight is 673 g/mol. The molecule has 2 aromatic rings. The second-order valence-corrected chi connectivity index (χ2v) is 14.0. The Labute approximate surface area is 291 Å². The minimum atomic E-state index is -0.895. The zero-order chi connectivity index (χ0) is 34.3. The predicted molar refractivity (Wildman–Crippen MR) is 191 cm³/mol. The topological polar surface area (TPSA) is 78.9 Å². The Balaban J connectivity index is 1.42. The molecule has 0 atom stereocenters. The number of carbonyl (C=O) groups is 1. The number of hydrogen-bond donors (Lipinski definition) is 0. The van der Waals surface area contributed by atoms with Gasteiger partial charge in [-0.15, -0.1) is 0 Å². The molecule has 49 heavy (non-hydrogen) atoms. The fraction of sp³-hybridized carbons (Fsp3) is 0.575. The number of hydrogen-bond acceptors (Lipinski definition) is 9. The third-order valence-corrected chi connectivity index (χ3v) is 11.2. The molecular formula is C40H52N2O7. The Hall–Kier alpha value is -3.05. The van der Waals surface area contributed by atoms with Crippen LogP contribution < -0.4 is 9.80 Å². The molecule has 9 nitrogen and oxygen atoms in total. The molecule has 7 rings (SSSR count). The van der Waals surface area contributed by atoms with E-state index in [2.05, 4.69) is 48.1 Å². The predicted octanol–water partition coefficient (Wildman–Crippen LogP) is 6.49. The number of nitrogens with zero attached hydrogens (tertiary/aromatic N) is 2. The maximum atomic E-state index is 14.8. The molecule has 4 heterocycles. The van der Waals surface area contributed by atoms with Crippen LogP contribution in [0.1, 0.15) is 96.1 Å². The Bertz CT molecular complexity index is 1560. The third kappa shape index (κ3) is 6.17. The Kier molecular flexibility index (Phi) is 10.0. The Morgan fingerprint density at radius 1 is 0.776 bits per heavy atom. The summed E-state index contributed by atoms with van der Waals surface area (Å²) in [6.45, 7) is 6.31. The normalized spacial score (nSPS) is 21.8. The number of methoxy groups -OCH3 is 4. The van der Waals surface area contributed by atoms with E-state index in [1.807, 2.05) is 0 Å². The van der Waals surface area contributed by atoms with Crippen molar-refractivity contribution < 1.29 is 33.2 Å². The van der Waals surface area contributed by atoms with Crippen molar-refractivity contribution in [2.45, 2.75) is 83.1 Å². The van der Waals surface area contributed by atoms with Crippen molar-refractivity contribution in [3.63, 3.8) is 0 Å². The van der Waals surface area contributed by atoms with E-state index in [1.165, 1.54) is 33.6 Å². The summed E-state index contributed by atoms with van der Waals surface area (Å²) in [5.41, 5.74) is 13.0. The highest BCUT2D eigenvalue weighted by atomic mass is 16.7. The molecule has 1 saturated carbocycles. The molecule has 9 heteroatoms. The molecule has 0 unspecified atom stereocenters. The van der Waals surface area contributed by atoms with E-state index in [0.29, 0.717) is 37.2 Å². The lowest BCUT2D eigenvalue weighted by atomic mass is 9.79. The van der Waals surface area contributed by atoms with Crippen LogP contribution >= 0.6 is 0 Å². The molecule has 0 radical (unpaired) electrons. The largest absolute Gasteiger partial charge is 0.374 e. The van der Waals surface area contributed by atoms with Gasteiger partial charge in [-0.25, -0.2) is 0 Å². The summed E-state index contributed by atoms with van der Waals surface area (Å²) in [6, 6.07) is 4.46. The first-order chi connectivity index (χ1) is 23.8. The van der Waals surface area contributed by atoms with Crippen LogP contribution in [-0.4, -0.2) is 79.9 Å². The van der Waals surface area contributed by atoms with Crippen LogP contribution in [0.25, 0.3) is 12.2 Å². The van der Waals surface area contributed by atoms with Crippen LogP contribution in [0.5, 0.6) is 0 Å². The molecule has 1 aliphatic carbocycles. The van der Waals surface area contributed by atoms with Gasteiger partial charge >= 0.3 is 0 Å². The van der Waals surface area contributed by atoms with E-state index in [0.717, 1.165) is 86.8 Å². The van der Waals surface area contributed by atoms with Crippen LogP contribution in [0, 0.1) is 0 Å². The van der Waals surface area contributed by atoms with Crippen molar-refractivity contribution in [2.75, 3.05) is 78.1 Å². The number of ketones is 1. The van der Waals surface area contributed by atoms with Crippen LogP contribution in [0.15, 0.2) is 23.3 Å². The number of fused-ring (bicyclic) bond motifs is 1. The molecule has 2 fully saturated rings. The van der Waals surface area contributed by atoms with Crippen molar-refractivity contribution in [1.29, 1.82) is 0 Å². The number of benzene rings is 2. The minimum absolute atomic E-state index is 0.0226. The van der Waals surface area contributed by atoms with Gasteiger partial charge in [-0.05, 0) is 103 Å². The maximum absolute atomic E-state index is 14.8. The lowest BCUT2D eigenvalue weighted by Crippen LogP contribution is -2.38. The van der Waals surface area contributed by atoms with Gasteiger partial charge in [0.2, 0.25) is 0 Å². The minimum Gasteiger partial charge on any atom is -0.374 e. The zero-order valence-corrected chi connectivity index (χ0v) is 30.1. The number of aryl methyl sites for hydroxylation is 2. The molecule has 0 amide bonds. The summed E-state index contributed by atoms with van der Waals surface area (Å²) in [6.07, 6.45) is 10.9. The van der Waals surface area contributed by atoms with Crippen molar-refractivity contribution >= 4 is 29.3 Å². The number of carbonyl (C=O) groups excluding carboxylic acids is 1. The second-order valence-electron chi connectivity index (χ2n) is 14.0. The van der Waals surface area contributed by atoms with E-state index in [9.17, 15) is 4.79 Å². The number of anilines is 2. The van der Waals surface area contributed by atoms with Gasteiger partial charge in [-0.1, -0.05) is 6.92 Å². The fourth-order valence-corrected chi connectivity index (χ4v) is 9.07. The first kappa shape index (κ1) is 34.4. The van der Waals surface area contributed by atoms with Gasteiger partial charge in [0.15, 0.2) is 24.2 Å². The van der Waals surface area contributed by atoms with Crippen molar-refractivity contribution in [2.24, 2.45) is 0 Å². The van der Waals surface area contributed by atoms with Gasteiger partial charge in [0.25, 0.3) is 0 Å².